The molecule has 2 aromatic carbocycles. The lowest BCUT2D eigenvalue weighted by Gasteiger charge is -2.11. The summed E-state index contributed by atoms with van der Waals surface area (Å²) in [5.41, 5.74) is 0.967. The maximum Gasteiger partial charge on any atom is 0.173 e. The zero-order chi connectivity index (χ0) is 13.1. The fourth-order valence-electron chi connectivity index (χ4n) is 1.52. The summed E-state index contributed by atoms with van der Waals surface area (Å²) in [7, 11) is 0. The smallest absolute Gasteiger partial charge is 0.173 e. The monoisotopic (exact) mass is 264 g/mol. The minimum absolute atomic E-state index is 0.0853. The van der Waals surface area contributed by atoms with E-state index in [4.69, 9.17) is 16.3 Å². The first-order valence-corrected chi connectivity index (χ1v) is 5.67. The Bertz CT molecular complexity index is 596. The summed E-state index contributed by atoms with van der Waals surface area (Å²) in [6.07, 6.45) is 0.554. The van der Waals surface area contributed by atoms with Crippen molar-refractivity contribution >= 4 is 17.9 Å². The second-order valence-electron chi connectivity index (χ2n) is 3.79. The third-order valence-corrected chi connectivity index (χ3v) is 2.72. The van der Waals surface area contributed by atoms with Crippen molar-refractivity contribution in [3.05, 3.63) is 58.4 Å². The summed E-state index contributed by atoms with van der Waals surface area (Å²) in [5, 5.41) is 0.486. The van der Waals surface area contributed by atoms with Crippen LogP contribution in [0.1, 0.15) is 15.9 Å². The van der Waals surface area contributed by atoms with E-state index >= 15 is 0 Å². The molecule has 0 aliphatic carbocycles. The van der Waals surface area contributed by atoms with E-state index in [2.05, 4.69) is 0 Å². The summed E-state index contributed by atoms with van der Waals surface area (Å²) in [6.45, 7) is 1.81. The van der Waals surface area contributed by atoms with Gasteiger partial charge in [-0.05, 0) is 36.8 Å². The number of halogens is 2. The first kappa shape index (κ1) is 12.6. The maximum absolute atomic E-state index is 13.6. The summed E-state index contributed by atoms with van der Waals surface area (Å²) < 4.78 is 19.1. The molecule has 0 N–H and O–H groups in total. The number of rotatable bonds is 3. The van der Waals surface area contributed by atoms with E-state index in [-0.39, 0.29) is 11.3 Å². The van der Waals surface area contributed by atoms with Gasteiger partial charge in [-0.15, -0.1) is 0 Å². The predicted octanol–water partition coefficient (Wildman–Crippen LogP) is 4.39. The molecule has 0 atom stereocenters. The fraction of sp³-hybridized carbons (Fsp3) is 0.0714. The van der Waals surface area contributed by atoms with Crippen LogP contribution in [-0.2, 0) is 0 Å². The van der Waals surface area contributed by atoms with Crippen LogP contribution >= 0.6 is 11.6 Å². The average Bonchev–Trinajstić information content (AvgIpc) is 2.36. The molecule has 0 aliphatic rings. The molecule has 0 saturated heterocycles. The van der Waals surface area contributed by atoms with E-state index in [1.165, 1.54) is 18.2 Å². The van der Waals surface area contributed by atoms with Crippen LogP contribution in [0.2, 0.25) is 5.02 Å². The second kappa shape index (κ2) is 5.19. The first-order valence-electron chi connectivity index (χ1n) is 5.29. The van der Waals surface area contributed by atoms with Gasteiger partial charge >= 0.3 is 0 Å². The van der Waals surface area contributed by atoms with Crippen molar-refractivity contribution in [3.63, 3.8) is 0 Å². The van der Waals surface area contributed by atoms with Crippen LogP contribution in [0.4, 0.5) is 4.39 Å². The van der Waals surface area contributed by atoms with E-state index in [9.17, 15) is 9.18 Å². The highest BCUT2D eigenvalue weighted by atomic mass is 35.5. The van der Waals surface area contributed by atoms with Crippen LogP contribution in [0.15, 0.2) is 36.4 Å². The zero-order valence-electron chi connectivity index (χ0n) is 9.61. The molecule has 0 amide bonds. The molecule has 18 heavy (non-hydrogen) atoms. The van der Waals surface area contributed by atoms with Crippen LogP contribution in [0, 0.1) is 12.7 Å². The van der Waals surface area contributed by atoms with Gasteiger partial charge in [0.15, 0.2) is 17.9 Å². The summed E-state index contributed by atoms with van der Waals surface area (Å²) in [5.74, 6) is -0.243. The molecule has 0 unspecified atom stereocenters. The maximum atomic E-state index is 13.6. The normalized spacial score (nSPS) is 10.2. The Labute approximate surface area is 109 Å². The van der Waals surface area contributed by atoms with Gasteiger partial charge in [0.1, 0.15) is 5.75 Å². The van der Waals surface area contributed by atoms with E-state index in [0.717, 1.165) is 5.56 Å². The Hall–Kier alpha value is -1.87. The molecule has 0 aliphatic heterocycles. The Morgan fingerprint density at radius 2 is 2.06 bits per heavy atom. The SMILES string of the molecule is Cc1ccc(Cl)cc1Oc1c(F)cccc1C=O. The largest absolute Gasteiger partial charge is 0.453 e. The molecule has 4 heteroatoms. The van der Waals surface area contributed by atoms with E-state index in [1.807, 2.05) is 6.92 Å². The Morgan fingerprint density at radius 1 is 1.28 bits per heavy atom. The minimum atomic E-state index is -0.584. The van der Waals surface area contributed by atoms with Gasteiger partial charge in [0, 0.05) is 5.02 Å². The molecule has 0 heterocycles. The number of aldehydes is 1. The summed E-state index contributed by atoms with van der Waals surface area (Å²) in [4.78, 5) is 10.8. The highest BCUT2D eigenvalue weighted by Gasteiger charge is 2.11. The number of aryl methyl sites for hydroxylation is 1. The highest BCUT2D eigenvalue weighted by molar-refractivity contribution is 6.30. The number of hydrogen-bond donors (Lipinski definition) is 0. The Morgan fingerprint density at radius 3 is 2.78 bits per heavy atom. The number of carbonyl (C=O) groups is 1. The van der Waals surface area contributed by atoms with E-state index in [1.54, 1.807) is 18.2 Å². The molecule has 2 rings (SSSR count). The average molecular weight is 265 g/mol. The fourth-order valence-corrected chi connectivity index (χ4v) is 1.68. The van der Waals surface area contributed by atoms with Crippen molar-refractivity contribution in [3.8, 4) is 11.5 Å². The van der Waals surface area contributed by atoms with Crippen LogP contribution in [0.3, 0.4) is 0 Å². The third kappa shape index (κ3) is 2.51. The lowest BCUT2D eigenvalue weighted by atomic mass is 10.2. The van der Waals surface area contributed by atoms with Crippen molar-refractivity contribution < 1.29 is 13.9 Å². The molecule has 0 bridgehead atoms. The van der Waals surface area contributed by atoms with Gasteiger partial charge in [-0.3, -0.25) is 4.79 Å². The molecule has 0 radical (unpaired) electrons. The van der Waals surface area contributed by atoms with Gasteiger partial charge in [-0.1, -0.05) is 23.7 Å². The van der Waals surface area contributed by atoms with Crippen LogP contribution in [0.5, 0.6) is 11.5 Å². The molecular weight excluding hydrogens is 255 g/mol. The molecule has 0 spiro atoms. The highest BCUT2D eigenvalue weighted by Crippen LogP contribution is 2.31. The van der Waals surface area contributed by atoms with Crippen LogP contribution in [-0.4, -0.2) is 6.29 Å². The van der Waals surface area contributed by atoms with E-state index in [0.29, 0.717) is 17.1 Å². The van der Waals surface area contributed by atoms with Gasteiger partial charge < -0.3 is 4.74 Å². The molecular formula is C14H10ClFO2. The zero-order valence-corrected chi connectivity index (χ0v) is 10.4. The minimum Gasteiger partial charge on any atom is -0.453 e. The van der Waals surface area contributed by atoms with Crippen molar-refractivity contribution in [2.45, 2.75) is 6.92 Å². The number of ether oxygens (including phenoxy) is 1. The predicted molar refractivity (Wildman–Crippen MR) is 68.1 cm³/mol. The molecule has 0 fully saturated rings. The number of benzene rings is 2. The summed E-state index contributed by atoms with van der Waals surface area (Å²) in [6, 6.07) is 9.24. The van der Waals surface area contributed by atoms with Gasteiger partial charge in [0.2, 0.25) is 0 Å². The lowest BCUT2D eigenvalue weighted by Crippen LogP contribution is -1.95. The Balaban J connectivity index is 2.45. The van der Waals surface area contributed by atoms with Gasteiger partial charge in [-0.25, -0.2) is 4.39 Å². The molecule has 92 valence electrons. The summed E-state index contributed by atoms with van der Waals surface area (Å²) >= 11 is 5.85. The molecule has 0 aromatic heterocycles. The van der Waals surface area contributed by atoms with Gasteiger partial charge in [0.25, 0.3) is 0 Å². The van der Waals surface area contributed by atoms with Crippen molar-refractivity contribution in [1.82, 2.24) is 0 Å². The van der Waals surface area contributed by atoms with Crippen molar-refractivity contribution in [2.24, 2.45) is 0 Å². The van der Waals surface area contributed by atoms with E-state index < -0.39 is 5.82 Å². The topological polar surface area (TPSA) is 26.3 Å². The second-order valence-corrected chi connectivity index (χ2v) is 4.22. The number of para-hydroxylation sites is 1. The van der Waals surface area contributed by atoms with Crippen LogP contribution in [0.25, 0.3) is 0 Å². The molecule has 2 nitrogen and oxygen atoms in total. The quantitative estimate of drug-likeness (QED) is 0.769. The number of carbonyl (C=O) groups excluding carboxylic acids is 1. The molecule has 0 saturated carbocycles. The van der Waals surface area contributed by atoms with Gasteiger partial charge in [-0.2, -0.15) is 0 Å². The van der Waals surface area contributed by atoms with Crippen molar-refractivity contribution in [1.29, 1.82) is 0 Å². The van der Waals surface area contributed by atoms with Gasteiger partial charge in [0.05, 0.1) is 5.56 Å². The third-order valence-electron chi connectivity index (χ3n) is 2.49. The molecule has 2 aromatic rings. The number of hydrogen-bond acceptors (Lipinski definition) is 2. The first-order chi connectivity index (χ1) is 8.61. The standard InChI is InChI=1S/C14H10ClFO2/c1-9-5-6-11(15)7-13(9)18-14-10(8-17)3-2-4-12(14)16/h2-8H,1H3. The Kier molecular flexibility index (Phi) is 3.63. The lowest BCUT2D eigenvalue weighted by molar-refractivity contribution is 0.112. The van der Waals surface area contributed by atoms with Crippen LogP contribution < -0.4 is 4.74 Å². The van der Waals surface area contributed by atoms with Crippen molar-refractivity contribution in [2.75, 3.05) is 0 Å².